The average Bonchev–Trinajstić information content (AvgIpc) is 3.85. The first kappa shape index (κ1) is 28.7. The summed E-state index contributed by atoms with van der Waals surface area (Å²) in [6, 6.07) is 60.3. The average molecular weight is 669 g/mol. The van der Waals surface area contributed by atoms with Crippen LogP contribution in [0.5, 0.6) is 0 Å². The number of hydrogen-bond acceptors (Lipinski definition) is 1. The molecule has 0 saturated heterocycles. The minimum atomic E-state index is 0.345. The van der Waals surface area contributed by atoms with Crippen molar-refractivity contribution in [1.82, 2.24) is 9.13 Å². The molecule has 3 aromatic heterocycles. The van der Waals surface area contributed by atoms with Gasteiger partial charge < -0.3 is 9.13 Å². The van der Waals surface area contributed by atoms with Crippen LogP contribution in [0.25, 0.3) is 82.3 Å². The largest absolute Gasteiger partial charge is 0.309 e. The third-order valence-electron chi connectivity index (χ3n) is 10.9. The summed E-state index contributed by atoms with van der Waals surface area (Å²) in [4.78, 5) is 1.41. The number of fused-ring (bicyclic) bond motifs is 9. The van der Waals surface area contributed by atoms with Crippen molar-refractivity contribution in [2.45, 2.75) is 12.3 Å². The molecule has 1 aliphatic carbocycles. The highest BCUT2D eigenvalue weighted by atomic mass is 32.1. The monoisotopic (exact) mass is 668 g/mol. The smallest absolute Gasteiger partial charge is 0.0541 e. The Hall–Kier alpha value is -6.16. The minimum absolute atomic E-state index is 0.345. The van der Waals surface area contributed by atoms with Crippen LogP contribution in [0.3, 0.4) is 0 Å². The van der Waals surface area contributed by atoms with Crippen molar-refractivity contribution in [2.75, 3.05) is 0 Å². The second-order valence-electron chi connectivity index (χ2n) is 13.7. The van der Waals surface area contributed by atoms with Crippen LogP contribution in [0.4, 0.5) is 0 Å². The molecule has 2 nitrogen and oxygen atoms in total. The van der Waals surface area contributed by atoms with E-state index in [0.717, 1.165) is 6.42 Å². The highest BCUT2D eigenvalue weighted by Gasteiger charge is 2.21. The van der Waals surface area contributed by atoms with Crippen LogP contribution < -0.4 is 0 Å². The Morgan fingerprint density at radius 1 is 0.451 bits per heavy atom. The topological polar surface area (TPSA) is 9.86 Å². The van der Waals surface area contributed by atoms with Gasteiger partial charge >= 0.3 is 0 Å². The molecule has 1 unspecified atom stereocenters. The van der Waals surface area contributed by atoms with Crippen LogP contribution in [0, 0.1) is 0 Å². The highest BCUT2D eigenvalue weighted by molar-refractivity contribution is 7.20. The third-order valence-corrected chi connectivity index (χ3v) is 12.1. The van der Waals surface area contributed by atoms with E-state index in [-0.39, 0.29) is 0 Å². The molecule has 0 N–H and O–H groups in total. The molecule has 1 atom stereocenters. The first-order valence-corrected chi connectivity index (χ1v) is 18.5. The van der Waals surface area contributed by atoms with Gasteiger partial charge in [-0.3, -0.25) is 0 Å². The predicted octanol–water partition coefficient (Wildman–Crippen LogP) is 13.1. The fourth-order valence-electron chi connectivity index (χ4n) is 8.52. The van der Waals surface area contributed by atoms with E-state index in [1.807, 2.05) is 11.3 Å². The molecule has 1 aliphatic rings. The third kappa shape index (κ3) is 4.42. The normalized spacial score (nSPS) is 14.3. The Bertz CT molecular complexity index is 3010. The van der Waals surface area contributed by atoms with Crippen LogP contribution in [0.1, 0.15) is 21.9 Å². The molecule has 0 saturated carbocycles. The SMILES string of the molecule is C1=CC(c2cccc(-n3c4ccccc4c4cc(-c5ccc6c(c5)c5ccccc5n6-c5ccccc5)ccc43)c2)Cc2c1sc1ccccc21. The van der Waals surface area contributed by atoms with Crippen LogP contribution in [-0.2, 0) is 6.42 Å². The molecule has 0 amide bonds. The standard InChI is InChI=1S/C48H32N2S/c1-2-12-35(13-3-1)49-43-18-7-4-15-37(43)40-28-32(21-24-45(40)49)33-22-25-46-41(29-33)38-16-5-8-19-44(38)50(46)36-14-10-11-31(27-36)34-23-26-48-42(30-34)39-17-6-9-20-47(39)51-48/h1-29,34H,30H2. The van der Waals surface area contributed by atoms with Crippen LogP contribution in [-0.4, -0.2) is 9.13 Å². The maximum Gasteiger partial charge on any atom is 0.0541 e. The first-order chi connectivity index (χ1) is 25.3. The number of hydrogen-bond donors (Lipinski definition) is 0. The van der Waals surface area contributed by atoms with E-state index in [1.54, 1.807) is 0 Å². The van der Waals surface area contributed by atoms with Crippen molar-refractivity contribution >= 4 is 71.1 Å². The second-order valence-corrected chi connectivity index (χ2v) is 14.8. The fourth-order valence-corrected chi connectivity index (χ4v) is 9.66. The summed E-state index contributed by atoms with van der Waals surface area (Å²) < 4.78 is 6.21. The Morgan fingerprint density at radius 2 is 1.02 bits per heavy atom. The molecule has 11 rings (SSSR count). The van der Waals surface area contributed by atoms with Crippen molar-refractivity contribution in [3.8, 4) is 22.5 Å². The molecule has 3 heteroatoms. The second kappa shape index (κ2) is 11.2. The van der Waals surface area contributed by atoms with E-state index in [9.17, 15) is 0 Å². The maximum absolute atomic E-state index is 2.45. The molecule has 0 fully saturated rings. The Morgan fingerprint density at radius 3 is 1.73 bits per heavy atom. The van der Waals surface area contributed by atoms with Crippen molar-refractivity contribution < 1.29 is 0 Å². The molecule has 7 aromatic carbocycles. The highest BCUT2D eigenvalue weighted by Crippen LogP contribution is 2.41. The van der Waals surface area contributed by atoms with Gasteiger partial charge in [0.15, 0.2) is 0 Å². The van der Waals surface area contributed by atoms with E-state index in [2.05, 4.69) is 185 Å². The first-order valence-electron chi connectivity index (χ1n) is 17.7. The molecule has 3 heterocycles. The van der Waals surface area contributed by atoms with Gasteiger partial charge in [-0.25, -0.2) is 0 Å². The van der Waals surface area contributed by atoms with Gasteiger partial charge in [0.05, 0.1) is 22.1 Å². The fraction of sp³-hybridized carbons (Fsp3) is 0.0417. The molecule has 0 aliphatic heterocycles. The van der Waals surface area contributed by atoms with Crippen LogP contribution in [0.2, 0.25) is 0 Å². The summed E-state index contributed by atoms with van der Waals surface area (Å²) in [5, 5.41) is 6.49. The predicted molar refractivity (Wildman–Crippen MR) is 218 cm³/mol. The number of benzene rings is 7. The minimum Gasteiger partial charge on any atom is -0.309 e. The van der Waals surface area contributed by atoms with E-state index >= 15 is 0 Å². The lowest BCUT2D eigenvalue weighted by Crippen LogP contribution is -2.05. The number of allylic oxidation sites excluding steroid dienone is 1. The summed E-state index contributed by atoms with van der Waals surface area (Å²) in [6.45, 7) is 0. The number of nitrogens with zero attached hydrogens (tertiary/aromatic N) is 2. The zero-order valence-corrected chi connectivity index (χ0v) is 28.6. The van der Waals surface area contributed by atoms with Gasteiger partial charge in [0.1, 0.15) is 0 Å². The molecular formula is C48H32N2S. The quantitative estimate of drug-likeness (QED) is 0.177. The molecule has 51 heavy (non-hydrogen) atoms. The van der Waals surface area contributed by atoms with Gasteiger partial charge in [0.25, 0.3) is 0 Å². The maximum atomic E-state index is 2.45. The lowest BCUT2D eigenvalue weighted by atomic mass is 9.87. The van der Waals surface area contributed by atoms with E-state index in [1.165, 1.54) is 92.2 Å². The number of thiophene rings is 1. The Kier molecular flexibility index (Phi) is 6.28. The van der Waals surface area contributed by atoms with Gasteiger partial charge in [-0.15, -0.1) is 11.3 Å². The zero-order chi connectivity index (χ0) is 33.5. The molecule has 0 radical (unpaired) electrons. The Labute approximate surface area is 299 Å². The van der Waals surface area contributed by atoms with Crippen molar-refractivity contribution in [3.05, 3.63) is 186 Å². The lowest BCUT2D eigenvalue weighted by molar-refractivity contribution is 0.835. The van der Waals surface area contributed by atoms with E-state index in [0.29, 0.717) is 5.92 Å². The summed E-state index contributed by atoms with van der Waals surface area (Å²) in [5.74, 6) is 0.345. The lowest BCUT2D eigenvalue weighted by Gasteiger charge is -2.19. The summed E-state index contributed by atoms with van der Waals surface area (Å²) in [7, 11) is 0. The van der Waals surface area contributed by atoms with Crippen molar-refractivity contribution in [1.29, 1.82) is 0 Å². The van der Waals surface area contributed by atoms with E-state index in [4.69, 9.17) is 0 Å². The number of rotatable bonds is 4. The van der Waals surface area contributed by atoms with Crippen molar-refractivity contribution in [3.63, 3.8) is 0 Å². The molecule has 240 valence electrons. The molecular weight excluding hydrogens is 637 g/mol. The van der Waals surface area contributed by atoms with Crippen molar-refractivity contribution in [2.24, 2.45) is 0 Å². The summed E-state index contributed by atoms with van der Waals surface area (Å²) >= 11 is 1.91. The zero-order valence-electron chi connectivity index (χ0n) is 27.8. The summed E-state index contributed by atoms with van der Waals surface area (Å²) in [5.41, 5.74) is 12.6. The van der Waals surface area contributed by atoms with Crippen LogP contribution >= 0.6 is 11.3 Å². The molecule has 0 spiro atoms. The molecule has 0 bridgehead atoms. The Balaban J connectivity index is 1.02. The van der Waals surface area contributed by atoms with E-state index < -0.39 is 0 Å². The van der Waals surface area contributed by atoms with Gasteiger partial charge in [-0.2, -0.15) is 0 Å². The number of para-hydroxylation sites is 3. The van der Waals surface area contributed by atoms with Crippen LogP contribution in [0.15, 0.2) is 170 Å². The van der Waals surface area contributed by atoms with Gasteiger partial charge in [0.2, 0.25) is 0 Å². The summed E-state index contributed by atoms with van der Waals surface area (Å²) in [6.07, 6.45) is 5.78. The van der Waals surface area contributed by atoms with Gasteiger partial charge in [0, 0.05) is 48.4 Å². The molecule has 10 aromatic rings. The van der Waals surface area contributed by atoms with Gasteiger partial charge in [-0.05, 0) is 107 Å². The number of aromatic nitrogens is 2. The van der Waals surface area contributed by atoms with Gasteiger partial charge in [-0.1, -0.05) is 103 Å².